The molecule has 0 aliphatic carbocycles. The molecule has 18 heavy (non-hydrogen) atoms. The van der Waals surface area contributed by atoms with Crippen molar-refractivity contribution in [3.8, 4) is 0 Å². The summed E-state index contributed by atoms with van der Waals surface area (Å²) in [4.78, 5) is 8.61. The number of methoxy groups -OCH3 is 1. The van der Waals surface area contributed by atoms with Crippen molar-refractivity contribution in [2.24, 2.45) is 7.05 Å². The molecular formula is C11H16N6O. The molecule has 0 atom stereocenters. The number of ether oxygens (including phenoxy) is 1. The van der Waals surface area contributed by atoms with E-state index in [4.69, 9.17) is 4.74 Å². The normalized spacial score (nSPS) is 10.4. The van der Waals surface area contributed by atoms with Crippen LogP contribution in [0.3, 0.4) is 0 Å². The highest BCUT2D eigenvalue weighted by Gasteiger charge is 2.05. The summed E-state index contributed by atoms with van der Waals surface area (Å²) in [5.41, 5.74) is 0. The Bertz CT molecular complexity index is 524. The molecule has 0 radical (unpaired) electrons. The van der Waals surface area contributed by atoms with Crippen LogP contribution >= 0.6 is 0 Å². The molecule has 0 spiro atoms. The molecule has 2 aromatic rings. The lowest BCUT2D eigenvalue weighted by Crippen LogP contribution is -2.05. The Hall–Kier alpha value is -2.15. The van der Waals surface area contributed by atoms with Gasteiger partial charge in [-0.05, 0) is 0 Å². The Labute approximate surface area is 105 Å². The Balaban J connectivity index is 2.23. The van der Waals surface area contributed by atoms with Gasteiger partial charge in [0, 0.05) is 39.5 Å². The van der Waals surface area contributed by atoms with E-state index in [-0.39, 0.29) is 0 Å². The quantitative estimate of drug-likeness (QED) is 0.826. The van der Waals surface area contributed by atoms with Crippen molar-refractivity contribution in [1.82, 2.24) is 19.7 Å². The zero-order chi connectivity index (χ0) is 13.0. The maximum atomic E-state index is 5.04. The fourth-order valence-corrected chi connectivity index (χ4v) is 1.50. The molecule has 7 heteroatoms. The summed E-state index contributed by atoms with van der Waals surface area (Å²) in [5.74, 6) is 2.76. The molecule has 2 rings (SSSR count). The van der Waals surface area contributed by atoms with E-state index in [2.05, 4.69) is 25.7 Å². The van der Waals surface area contributed by atoms with E-state index in [0.29, 0.717) is 18.2 Å². The summed E-state index contributed by atoms with van der Waals surface area (Å²) in [7, 11) is 5.28. The highest BCUT2D eigenvalue weighted by Crippen LogP contribution is 2.15. The lowest BCUT2D eigenvalue weighted by Gasteiger charge is -2.07. The molecule has 7 nitrogen and oxygen atoms in total. The van der Waals surface area contributed by atoms with E-state index in [1.165, 1.54) is 0 Å². The SMILES string of the molecule is CNc1cc(Nc2ccn(C)n2)nc(COC)n1. The molecule has 2 aromatic heterocycles. The monoisotopic (exact) mass is 248 g/mol. The molecule has 0 saturated carbocycles. The van der Waals surface area contributed by atoms with Crippen molar-refractivity contribution < 1.29 is 4.74 Å². The lowest BCUT2D eigenvalue weighted by atomic mass is 10.4. The van der Waals surface area contributed by atoms with Crippen LogP contribution in [0.5, 0.6) is 0 Å². The number of aromatic nitrogens is 4. The van der Waals surface area contributed by atoms with Crippen molar-refractivity contribution in [3.05, 3.63) is 24.2 Å². The van der Waals surface area contributed by atoms with E-state index < -0.39 is 0 Å². The van der Waals surface area contributed by atoms with Crippen LogP contribution < -0.4 is 10.6 Å². The molecule has 2 heterocycles. The third-order valence-electron chi connectivity index (χ3n) is 2.27. The second-order valence-corrected chi connectivity index (χ2v) is 3.74. The first-order valence-corrected chi connectivity index (χ1v) is 5.52. The average Bonchev–Trinajstić information content (AvgIpc) is 2.75. The van der Waals surface area contributed by atoms with Gasteiger partial charge in [0.2, 0.25) is 0 Å². The summed E-state index contributed by atoms with van der Waals surface area (Å²) >= 11 is 0. The zero-order valence-corrected chi connectivity index (χ0v) is 10.6. The molecule has 0 bridgehead atoms. The number of rotatable bonds is 5. The molecule has 0 amide bonds. The minimum absolute atomic E-state index is 0.367. The lowest BCUT2D eigenvalue weighted by molar-refractivity contribution is 0.178. The third kappa shape index (κ3) is 2.95. The minimum atomic E-state index is 0.367. The Morgan fingerprint density at radius 1 is 1.28 bits per heavy atom. The largest absolute Gasteiger partial charge is 0.377 e. The third-order valence-corrected chi connectivity index (χ3v) is 2.27. The van der Waals surface area contributed by atoms with Gasteiger partial charge < -0.3 is 15.4 Å². The average molecular weight is 248 g/mol. The Morgan fingerprint density at radius 3 is 2.67 bits per heavy atom. The summed E-state index contributed by atoms with van der Waals surface area (Å²) in [6, 6.07) is 3.69. The van der Waals surface area contributed by atoms with Gasteiger partial charge in [-0.3, -0.25) is 4.68 Å². The van der Waals surface area contributed by atoms with Crippen molar-refractivity contribution in [2.75, 3.05) is 24.8 Å². The highest BCUT2D eigenvalue weighted by molar-refractivity contribution is 5.55. The van der Waals surface area contributed by atoms with Gasteiger partial charge in [-0.25, -0.2) is 9.97 Å². The number of aryl methyl sites for hydroxylation is 1. The minimum Gasteiger partial charge on any atom is -0.377 e. The van der Waals surface area contributed by atoms with Crippen molar-refractivity contribution in [3.63, 3.8) is 0 Å². The van der Waals surface area contributed by atoms with E-state index in [0.717, 1.165) is 11.6 Å². The first-order valence-electron chi connectivity index (χ1n) is 5.52. The zero-order valence-electron chi connectivity index (χ0n) is 10.6. The summed E-state index contributed by atoms with van der Waals surface area (Å²) < 4.78 is 6.76. The second-order valence-electron chi connectivity index (χ2n) is 3.74. The van der Waals surface area contributed by atoms with Gasteiger partial charge in [0.15, 0.2) is 11.6 Å². The summed E-state index contributed by atoms with van der Waals surface area (Å²) in [6.07, 6.45) is 1.86. The second kappa shape index (κ2) is 5.46. The van der Waals surface area contributed by atoms with Crippen LogP contribution in [0, 0.1) is 0 Å². The molecule has 0 unspecified atom stereocenters. The topological polar surface area (TPSA) is 76.9 Å². The van der Waals surface area contributed by atoms with Crippen LogP contribution in [-0.4, -0.2) is 33.9 Å². The summed E-state index contributed by atoms with van der Waals surface area (Å²) in [5, 5.41) is 10.3. The van der Waals surface area contributed by atoms with Gasteiger partial charge in [-0.15, -0.1) is 0 Å². The number of nitrogens with zero attached hydrogens (tertiary/aromatic N) is 4. The molecule has 0 aromatic carbocycles. The molecule has 0 fully saturated rings. The van der Waals surface area contributed by atoms with Crippen LogP contribution in [0.1, 0.15) is 5.82 Å². The number of hydrogen-bond donors (Lipinski definition) is 2. The number of nitrogens with one attached hydrogen (secondary N) is 2. The van der Waals surface area contributed by atoms with Gasteiger partial charge in [0.25, 0.3) is 0 Å². The van der Waals surface area contributed by atoms with Crippen molar-refractivity contribution >= 4 is 17.5 Å². The summed E-state index contributed by atoms with van der Waals surface area (Å²) in [6.45, 7) is 0.367. The maximum absolute atomic E-state index is 5.04. The molecule has 0 aliphatic heterocycles. The van der Waals surface area contributed by atoms with Crippen LogP contribution in [0.2, 0.25) is 0 Å². The van der Waals surface area contributed by atoms with E-state index in [9.17, 15) is 0 Å². The molecule has 0 aliphatic rings. The Morgan fingerprint density at radius 2 is 2.06 bits per heavy atom. The standard InChI is InChI=1S/C11H16N6O/c1-12-9-6-10(15-11(14-9)7-18-3)13-8-4-5-17(2)16-8/h4-6H,7H2,1-3H3,(H2,12,13,14,15,16). The fourth-order valence-electron chi connectivity index (χ4n) is 1.50. The maximum Gasteiger partial charge on any atom is 0.158 e. The van der Waals surface area contributed by atoms with Gasteiger partial charge >= 0.3 is 0 Å². The van der Waals surface area contributed by atoms with Crippen LogP contribution in [0.4, 0.5) is 17.5 Å². The van der Waals surface area contributed by atoms with Gasteiger partial charge in [0.1, 0.15) is 18.2 Å². The predicted molar refractivity (Wildman–Crippen MR) is 68.8 cm³/mol. The van der Waals surface area contributed by atoms with E-state index in [1.807, 2.05) is 32.4 Å². The molecule has 0 saturated heterocycles. The smallest absolute Gasteiger partial charge is 0.158 e. The van der Waals surface area contributed by atoms with Crippen molar-refractivity contribution in [1.29, 1.82) is 0 Å². The van der Waals surface area contributed by atoms with Gasteiger partial charge in [-0.1, -0.05) is 0 Å². The van der Waals surface area contributed by atoms with E-state index >= 15 is 0 Å². The van der Waals surface area contributed by atoms with E-state index in [1.54, 1.807) is 11.8 Å². The fraction of sp³-hybridized carbons (Fsp3) is 0.364. The van der Waals surface area contributed by atoms with Crippen LogP contribution in [0.15, 0.2) is 18.3 Å². The number of hydrogen-bond acceptors (Lipinski definition) is 6. The predicted octanol–water partition coefficient (Wildman–Crippen LogP) is 1.14. The van der Waals surface area contributed by atoms with Crippen LogP contribution in [0.25, 0.3) is 0 Å². The molecule has 96 valence electrons. The first-order chi connectivity index (χ1) is 8.71. The number of anilines is 3. The highest BCUT2D eigenvalue weighted by atomic mass is 16.5. The molecule has 2 N–H and O–H groups in total. The Kier molecular flexibility index (Phi) is 3.73. The molecular weight excluding hydrogens is 232 g/mol. The first kappa shape index (κ1) is 12.3. The van der Waals surface area contributed by atoms with Crippen LogP contribution in [-0.2, 0) is 18.4 Å². The van der Waals surface area contributed by atoms with Gasteiger partial charge in [-0.2, -0.15) is 5.10 Å². The van der Waals surface area contributed by atoms with Crippen molar-refractivity contribution in [2.45, 2.75) is 6.61 Å². The van der Waals surface area contributed by atoms with Gasteiger partial charge in [0.05, 0.1) is 0 Å².